The lowest BCUT2D eigenvalue weighted by Crippen LogP contribution is -2.30. The average molecular weight is 2550 g/mol. The van der Waals surface area contributed by atoms with Crippen LogP contribution in [0.1, 0.15) is 82.7 Å². The number of carbonyl (C=O) groups excluding carboxylic acids is 1. The third-order valence-electron chi connectivity index (χ3n) is 20.6. The fourth-order valence-corrected chi connectivity index (χ4v) is 26.7. The lowest BCUT2D eigenvalue weighted by Gasteiger charge is -2.24. The lowest BCUT2D eigenvalue weighted by molar-refractivity contribution is 0.0557. The zero-order valence-electron chi connectivity index (χ0n) is 74.0. The fraction of sp³-hybridized carbons (Fsp3) is 0.169. The van der Waals surface area contributed by atoms with Crippen molar-refractivity contribution in [3.8, 4) is 11.8 Å². The Kier molecular flexibility index (Phi) is 40.7. The van der Waals surface area contributed by atoms with Crippen molar-refractivity contribution in [2.75, 3.05) is 20.5 Å². The van der Waals surface area contributed by atoms with Gasteiger partial charge in [0.25, 0.3) is 0 Å². The number of hydrogen-bond acceptors (Lipinski definition) is 18. The van der Waals surface area contributed by atoms with E-state index in [1.165, 1.54) is 166 Å². The van der Waals surface area contributed by atoms with Crippen LogP contribution in [-0.4, -0.2) is 125 Å². The molecule has 0 saturated heterocycles. The number of halogens is 17. The van der Waals surface area contributed by atoms with Crippen LogP contribution in [0.15, 0.2) is 303 Å². The zero-order chi connectivity index (χ0) is 108. The van der Waals surface area contributed by atoms with Crippen LogP contribution in [0.4, 0.5) is 35.1 Å². The minimum absolute atomic E-state index is 0.00450. The number of methoxy groups -OCH3 is 2. The number of nitrogens with zero attached hydrogens (tertiary/aromatic N) is 5. The Morgan fingerprint density at radius 3 is 0.834 bits per heavy atom. The highest BCUT2D eigenvalue weighted by Crippen LogP contribution is 2.64. The average Bonchev–Trinajstić information content (AvgIpc) is 0.776. The summed E-state index contributed by atoms with van der Waals surface area (Å²) >= 11 is 42.1. The third-order valence-corrected chi connectivity index (χ3v) is 37.7. The summed E-state index contributed by atoms with van der Waals surface area (Å²) in [5, 5.41) is 9.42. The maximum absolute atomic E-state index is 14.2. The molecule has 0 aromatic heterocycles. The predicted molar refractivity (Wildman–Crippen MR) is 538 cm³/mol. The molecule has 0 spiro atoms. The van der Waals surface area contributed by atoms with E-state index in [0.717, 1.165) is 78.1 Å². The molecule has 12 aromatic carbocycles. The number of benzene rings is 12. The summed E-state index contributed by atoms with van der Waals surface area (Å²) in [6.07, 6.45) is 1.04. The van der Waals surface area contributed by atoms with Crippen LogP contribution < -0.4 is 4.74 Å². The Labute approximate surface area is 884 Å². The molecule has 30 nitrogen and oxygen atoms in total. The molecule has 0 heterocycles. The minimum atomic E-state index is -5.82. The highest BCUT2D eigenvalue weighted by atomic mass is 79.9. The molecule has 0 unspecified atom stereocenters. The molecule has 0 atom stereocenters. The monoisotopic (exact) mass is 2540 g/mol. The summed E-state index contributed by atoms with van der Waals surface area (Å²) in [5.41, 5.74) is -17.9. The molecule has 12 aromatic rings. The predicted octanol–water partition coefficient (Wildman–Crippen LogP) is 22.6. The van der Waals surface area contributed by atoms with Crippen LogP contribution >= 0.6 is 152 Å². The number of sulfonamides is 4. The molecule has 0 bridgehead atoms. The van der Waals surface area contributed by atoms with Crippen molar-refractivity contribution in [3.63, 3.8) is 0 Å². The molecular formula is C89H76Br4Cl5F8N5O25P4S5. The Bertz CT molecular complexity index is 7720. The largest absolute Gasteiger partial charge is 0.495 e. The van der Waals surface area contributed by atoms with Crippen molar-refractivity contribution in [3.05, 3.63) is 382 Å². The lowest BCUT2D eigenvalue weighted by atomic mass is 10.1. The minimum Gasteiger partial charge on any atom is -0.495 e. The molecule has 12 rings (SSSR count). The van der Waals surface area contributed by atoms with Gasteiger partial charge in [0.1, 0.15) is 25.3 Å². The molecule has 0 aliphatic heterocycles. The summed E-state index contributed by atoms with van der Waals surface area (Å²) in [6, 6.07) is 60.4. The van der Waals surface area contributed by atoms with Gasteiger partial charge in [-0.25, -0.2) is 46.9 Å². The van der Waals surface area contributed by atoms with Crippen LogP contribution in [-0.2, 0) is 148 Å². The first-order chi connectivity index (χ1) is 67.1. The van der Waals surface area contributed by atoms with Gasteiger partial charge in [-0.1, -0.05) is 261 Å². The Hall–Kier alpha value is -7.60. The molecule has 0 aliphatic carbocycles. The molecule has 0 aliphatic rings. The second kappa shape index (κ2) is 48.8. The molecule has 0 saturated carbocycles. The third kappa shape index (κ3) is 29.8. The normalized spacial score (nSPS) is 12.7. The summed E-state index contributed by atoms with van der Waals surface area (Å²) in [4.78, 5) is 83.4. The van der Waals surface area contributed by atoms with Crippen LogP contribution in [0.3, 0.4) is 0 Å². The summed E-state index contributed by atoms with van der Waals surface area (Å²) < 4.78 is 304. The first-order valence-corrected chi connectivity index (χ1v) is 59.4. The SMILES string of the molecule is COC(=O)c1ccc(CN(Cc2ccc(C(F)(F)P(=O)(O)O)c(Br)c2)S(=O)(=O)c2ccccc2Cl)cc1.COc1ccccc1S(=O)(=O)N(Cc1ccc(Cl)c(Cl)c1)Cc1ccc(C(F)(F)P(=O)(O)O)c(Br)c1.CS(=O)(=O)c1ccc(CN(Cc2ccc(C(F)(F)P(=O)(O)O)c(Br)c2)S(=O)(=O)c2ccccc2Cl)cc1.N#Cc1ccc(CN(Cc2ccc(C(F)(F)P(=O)(O)O)c(Br)c2)S(=O)(=O)c2ccccc2Cl)cc1. The highest BCUT2D eigenvalue weighted by Gasteiger charge is 2.55. The maximum Gasteiger partial charge on any atom is 0.399 e. The Balaban J connectivity index is 0.000000215. The van der Waals surface area contributed by atoms with E-state index in [1.54, 1.807) is 54.6 Å². The van der Waals surface area contributed by atoms with Gasteiger partial charge in [0.05, 0.1) is 61.4 Å². The van der Waals surface area contributed by atoms with E-state index in [9.17, 15) is 100 Å². The molecule has 0 amide bonds. The molecule has 145 heavy (non-hydrogen) atoms. The number of rotatable bonds is 35. The number of alkyl halides is 8. The summed E-state index contributed by atoms with van der Waals surface area (Å²) in [5.74, 6) is -0.460. The number of hydrogen-bond donors (Lipinski definition) is 8. The number of sulfone groups is 1. The van der Waals surface area contributed by atoms with Crippen molar-refractivity contribution >= 4 is 208 Å². The first-order valence-electron chi connectivity index (χ1n) is 40.2. The van der Waals surface area contributed by atoms with E-state index in [-0.39, 0.29) is 153 Å². The van der Waals surface area contributed by atoms with Gasteiger partial charge in [0.2, 0.25) is 40.1 Å². The second-order valence-corrected chi connectivity index (χ2v) is 52.5. The molecule has 8 N–H and O–H groups in total. The summed E-state index contributed by atoms with van der Waals surface area (Å²) in [6.45, 7) is -1.86. The van der Waals surface area contributed by atoms with Gasteiger partial charge in [0.15, 0.2) is 9.84 Å². The maximum atomic E-state index is 14.2. The summed E-state index contributed by atoms with van der Waals surface area (Å²) in [7, 11) is -41.0. The van der Waals surface area contributed by atoms with Crippen molar-refractivity contribution in [1.82, 2.24) is 17.2 Å². The first kappa shape index (κ1) is 121. The quantitative estimate of drug-likeness (QED) is 0.0104. The Morgan fingerprint density at radius 1 is 0.338 bits per heavy atom. The van der Waals surface area contributed by atoms with Gasteiger partial charge < -0.3 is 48.6 Å². The Morgan fingerprint density at radius 2 is 0.579 bits per heavy atom. The molecule has 0 radical (unpaired) electrons. The van der Waals surface area contributed by atoms with E-state index in [0.29, 0.717) is 27.8 Å². The number of esters is 1. The van der Waals surface area contributed by atoms with Crippen molar-refractivity contribution in [2.24, 2.45) is 0 Å². The molecule has 56 heteroatoms. The van der Waals surface area contributed by atoms with Gasteiger partial charge in [0, 0.05) is 98.8 Å². The zero-order valence-corrected chi connectivity index (χ0v) is 91.8. The number of para-hydroxylation sites is 1. The van der Waals surface area contributed by atoms with E-state index in [1.807, 2.05) is 6.07 Å². The van der Waals surface area contributed by atoms with Gasteiger partial charge in [-0.05, 0) is 166 Å². The standard InChI is InChI=1S/C23H20BrClF2NO7PS.C22H19BrCl2F2NO6PS.C22H17BrClF2N2O5PS.C22H20BrClF2NO7PS2/c1-35-22(29)17-9-6-15(7-10-17)13-28(37(33,34)21-5-3-2-4-20(21)25)14-16-8-11-18(19(24)12-16)23(26,27)36(30,31)32;1-34-20-4-2-3-5-21(20)36(32,33)28(13-15-7-9-18(24)19(25)11-15)12-14-6-8-16(17(23)10-14)22(26,27)35(29,30)31;23-19-11-17(9-10-18(19)22(25,26)34(29,30)31)14-28(13-16-7-5-15(12-27)6-8-16)35(32,33)21-4-2-1-3-20(21)24;1-36(31,32)17-9-6-15(7-10-17)13-27(37(33,34)21-5-3-2-4-20(21)24)14-16-8-11-18(19(23)12-16)22(25,26)35(28,29)30/h2-12H,13-14H2,1H3,(H2,30,31,32);2-11H,12-13H2,1H3,(H2,29,30,31);1-11H,13-14H2,(H2,29,30,31);2-12H,13-14H2,1H3,(H2,28,29,30). The van der Waals surface area contributed by atoms with E-state index >= 15 is 0 Å². The van der Waals surface area contributed by atoms with Crippen LogP contribution in [0.25, 0.3) is 0 Å². The highest BCUT2D eigenvalue weighted by molar-refractivity contribution is 9.11. The van der Waals surface area contributed by atoms with Crippen LogP contribution in [0.5, 0.6) is 5.75 Å². The van der Waals surface area contributed by atoms with Crippen LogP contribution in [0.2, 0.25) is 25.1 Å². The van der Waals surface area contributed by atoms with Crippen molar-refractivity contribution in [2.45, 2.75) is 99.5 Å². The van der Waals surface area contributed by atoms with Gasteiger partial charge in [-0.2, -0.15) is 57.6 Å². The van der Waals surface area contributed by atoms with Gasteiger partial charge >= 0.3 is 59.0 Å². The van der Waals surface area contributed by atoms with E-state index in [4.69, 9.17) is 107 Å². The number of nitriles is 1. The molecule has 776 valence electrons. The van der Waals surface area contributed by atoms with E-state index < -0.39 is 131 Å². The fourth-order valence-electron chi connectivity index (χ4n) is 13.1. The second-order valence-electron chi connectivity index (χ2n) is 30.8. The molecular weight excluding hydrogens is 2470 g/mol. The van der Waals surface area contributed by atoms with E-state index in [2.05, 4.69) is 68.5 Å². The van der Waals surface area contributed by atoms with Crippen molar-refractivity contribution < 1.29 is 149 Å². The molecule has 0 fully saturated rings. The van der Waals surface area contributed by atoms with Crippen LogP contribution in [0, 0.1) is 11.3 Å². The number of ether oxygens (including phenoxy) is 2. The van der Waals surface area contributed by atoms with Gasteiger partial charge in [-0.15, -0.1) is 0 Å². The van der Waals surface area contributed by atoms with Gasteiger partial charge in [-0.3, -0.25) is 18.3 Å². The number of carbonyl (C=O) groups is 1. The topological polar surface area (TPSA) is 473 Å². The van der Waals surface area contributed by atoms with Crippen molar-refractivity contribution in [1.29, 1.82) is 5.26 Å². The smallest absolute Gasteiger partial charge is 0.399 e.